The van der Waals surface area contributed by atoms with Crippen molar-refractivity contribution in [3.63, 3.8) is 0 Å². The van der Waals surface area contributed by atoms with Crippen molar-refractivity contribution in [2.75, 3.05) is 0 Å². The van der Waals surface area contributed by atoms with Gasteiger partial charge in [0.15, 0.2) is 0 Å². The minimum atomic E-state index is -0.348. The summed E-state index contributed by atoms with van der Waals surface area (Å²) < 4.78 is 7.59. The summed E-state index contributed by atoms with van der Waals surface area (Å²) in [5.74, 6) is 0.677. The summed E-state index contributed by atoms with van der Waals surface area (Å²) >= 11 is 0. The van der Waals surface area contributed by atoms with Gasteiger partial charge in [-0.15, -0.1) is 0 Å². The van der Waals surface area contributed by atoms with Gasteiger partial charge in [0.05, 0.1) is 12.8 Å². The molecule has 0 fully saturated rings. The van der Waals surface area contributed by atoms with Crippen LogP contribution >= 0.6 is 0 Å². The average molecular weight is 206 g/mol. The largest absolute Gasteiger partial charge is 0.467 e. The van der Waals surface area contributed by atoms with E-state index in [0.29, 0.717) is 12.3 Å². The number of furan rings is 1. The van der Waals surface area contributed by atoms with E-state index in [-0.39, 0.29) is 11.2 Å². The maximum absolute atomic E-state index is 11.6. The number of hydrogen-bond acceptors (Lipinski definition) is 3. The third kappa shape index (κ3) is 1.76. The molecule has 0 saturated carbocycles. The predicted octanol–water partition coefficient (Wildman–Crippen LogP) is 0.188. The van der Waals surface area contributed by atoms with E-state index in [4.69, 9.17) is 4.42 Å². The van der Waals surface area contributed by atoms with Crippen LogP contribution in [0.1, 0.15) is 5.76 Å². The summed E-state index contributed by atoms with van der Waals surface area (Å²) in [6, 6.07) is 4.88. The molecule has 0 radical (unpaired) electrons. The second kappa shape index (κ2) is 3.61. The van der Waals surface area contributed by atoms with Crippen LogP contribution in [0.2, 0.25) is 0 Å². The van der Waals surface area contributed by atoms with E-state index < -0.39 is 0 Å². The quantitative estimate of drug-likeness (QED) is 0.704. The first-order chi connectivity index (χ1) is 7.18. The van der Waals surface area contributed by atoms with Gasteiger partial charge in [0.25, 0.3) is 5.56 Å². The summed E-state index contributed by atoms with van der Waals surface area (Å²) in [6.45, 7) is 0.333. The topological polar surface area (TPSA) is 57.1 Å². The second-order valence-electron chi connectivity index (χ2n) is 3.20. The van der Waals surface area contributed by atoms with E-state index in [1.807, 2.05) is 0 Å². The number of aromatic nitrogens is 2. The van der Waals surface area contributed by atoms with Gasteiger partial charge in [0, 0.05) is 19.3 Å². The van der Waals surface area contributed by atoms with Crippen LogP contribution in [0.25, 0.3) is 0 Å². The van der Waals surface area contributed by atoms with Crippen LogP contribution in [0.4, 0.5) is 0 Å². The molecule has 0 spiro atoms. The van der Waals surface area contributed by atoms with Gasteiger partial charge in [0.2, 0.25) is 0 Å². The maximum Gasteiger partial charge on any atom is 0.331 e. The molecule has 2 rings (SSSR count). The molecule has 5 nitrogen and oxygen atoms in total. The van der Waals surface area contributed by atoms with Crippen LogP contribution in [0.5, 0.6) is 0 Å². The van der Waals surface area contributed by atoms with Crippen LogP contribution in [-0.4, -0.2) is 9.13 Å². The molecule has 0 atom stereocenters. The van der Waals surface area contributed by atoms with Gasteiger partial charge in [-0.25, -0.2) is 4.79 Å². The SMILES string of the molecule is Cn1c(=O)ccn(Cc2ccco2)c1=O. The summed E-state index contributed by atoms with van der Waals surface area (Å²) in [7, 11) is 1.45. The lowest BCUT2D eigenvalue weighted by molar-refractivity contribution is 0.482. The van der Waals surface area contributed by atoms with Crippen LogP contribution in [-0.2, 0) is 13.6 Å². The van der Waals surface area contributed by atoms with Gasteiger partial charge < -0.3 is 4.42 Å². The third-order valence-corrected chi connectivity index (χ3v) is 2.17. The van der Waals surface area contributed by atoms with Crippen molar-refractivity contribution >= 4 is 0 Å². The molecule has 0 aliphatic rings. The number of hydrogen-bond donors (Lipinski definition) is 0. The van der Waals surface area contributed by atoms with Gasteiger partial charge in [0.1, 0.15) is 5.76 Å². The molecule has 2 aromatic heterocycles. The molecular formula is C10H10N2O3. The lowest BCUT2D eigenvalue weighted by Crippen LogP contribution is -2.36. The van der Waals surface area contributed by atoms with E-state index in [9.17, 15) is 9.59 Å². The normalized spacial score (nSPS) is 10.5. The zero-order chi connectivity index (χ0) is 10.8. The van der Waals surface area contributed by atoms with E-state index in [0.717, 1.165) is 4.57 Å². The molecule has 0 saturated heterocycles. The van der Waals surface area contributed by atoms with Crippen molar-refractivity contribution in [2.24, 2.45) is 7.05 Å². The highest BCUT2D eigenvalue weighted by molar-refractivity contribution is 4.99. The Morgan fingerprint density at radius 2 is 2.13 bits per heavy atom. The molecule has 15 heavy (non-hydrogen) atoms. The van der Waals surface area contributed by atoms with Crippen molar-refractivity contribution < 1.29 is 4.42 Å². The van der Waals surface area contributed by atoms with E-state index in [1.165, 1.54) is 23.9 Å². The van der Waals surface area contributed by atoms with Crippen molar-refractivity contribution in [1.29, 1.82) is 0 Å². The number of rotatable bonds is 2. The first-order valence-electron chi connectivity index (χ1n) is 4.47. The molecule has 0 N–H and O–H groups in total. The first kappa shape index (κ1) is 9.51. The van der Waals surface area contributed by atoms with Crippen molar-refractivity contribution in [1.82, 2.24) is 9.13 Å². The van der Waals surface area contributed by atoms with Crippen molar-refractivity contribution in [3.05, 3.63) is 57.3 Å². The maximum atomic E-state index is 11.6. The van der Waals surface area contributed by atoms with E-state index in [2.05, 4.69) is 0 Å². The Bertz CT molecular complexity index is 563. The van der Waals surface area contributed by atoms with Gasteiger partial charge >= 0.3 is 5.69 Å². The highest BCUT2D eigenvalue weighted by atomic mass is 16.3. The Morgan fingerprint density at radius 1 is 1.33 bits per heavy atom. The third-order valence-electron chi connectivity index (χ3n) is 2.17. The van der Waals surface area contributed by atoms with Crippen LogP contribution < -0.4 is 11.2 Å². The van der Waals surface area contributed by atoms with Gasteiger partial charge in [-0.05, 0) is 12.1 Å². The van der Waals surface area contributed by atoms with Gasteiger partial charge in [-0.3, -0.25) is 13.9 Å². The van der Waals surface area contributed by atoms with Crippen molar-refractivity contribution in [2.45, 2.75) is 6.54 Å². The first-order valence-corrected chi connectivity index (χ1v) is 4.47. The molecule has 0 unspecified atom stereocenters. The van der Waals surface area contributed by atoms with Crippen molar-refractivity contribution in [3.8, 4) is 0 Å². The van der Waals surface area contributed by atoms with Crippen LogP contribution in [0, 0.1) is 0 Å². The molecule has 0 aromatic carbocycles. The summed E-state index contributed by atoms with van der Waals surface area (Å²) in [5, 5.41) is 0. The minimum Gasteiger partial charge on any atom is -0.467 e. The summed E-state index contributed by atoms with van der Waals surface area (Å²) in [4.78, 5) is 22.7. The van der Waals surface area contributed by atoms with E-state index in [1.54, 1.807) is 18.4 Å². The molecule has 0 aliphatic carbocycles. The fraction of sp³-hybridized carbons (Fsp3) is 0.200. The summed E-state index contributed by atoms with van der Waals surface area (Å²) in [5.41, 5.74) is -0.658. The average Bonchev–Trinajstić information content (AvgIpc) is 2.72. The fourth-order valence-corrected chi connectivity index (χ4v) is 1.31. The Labute approximate surface area is 85.2 Å². The Morgan fingerprint density at radius 3 is 2.80 bits per heavy atom. The molecule has 78 valence electrons. The fourth-order valence-electron chi connectivity index (χ4n) is 1.31. The van der Waals surface area contributed by atoms with Gasteiger partial charge in [-0.2, -0.15) is 0 Å². The standard InChI is InChI=1S/C10H10N2O3/c1-11-9(13)4-5-12(10(11)14)7-8-3-2-6-15-8/h2-6H,7H2,1H3. The monoisotopic (exact) mass is 206 g/mol. The smallest absolute Gasteiger partial charge is 0.331 e. The van der Waals surface area contributed by atoms with Gasteiger partial charge in [-0.1, -0.05) is 0 Å². The van der Waals surface area contributed by atoms with Crippen LogP contribution in [0.15, 0.2) is 44.7 Å². The second-order valence-corrected chi connectivity index (χ2v) is 3.20. The minimum absolute atomic E-state index is 0.310. The predicted molar refractivity (Wildman–Crippen MR) is 53.8 cm³/mol. The highest BCUT2D eigenvalue weighted by Crippen LogP contribution is 2.00. The lowest BCUT2D eigenvalue weighted by Gasteiger charge is -2.04. The Balaban J connectivity index is 2.43. The molecule has 2 heterocycles. The molecule has 0 amide bonds. The molecule has 0 bridgehead atoms. The number of nitrogens with zero attached hydrogens (tertiary/aromatic N) is 2. The molecular weight excluding hydrogens is 196 g/mol. The zero-order valence-electron chi connectivity index (χ0n) is 8.21. The Kier molecular flexibility index (Phi) is 2.29. The lowest BCUT2D eigenvalue weighted by atomic mass is 10.4. The molecule has 0 aliphatic heterocycles. The highest BCUT2D eigenvalue weighted by Gasteiger charge is 2.02. The van der Waals surface area contributed by atoms with E-state index >= 15 is 0 Å². The zero-order valence-corrected chi connectivity index (χ0v) is 8.21. The van der Waals surface area contributed by atoms with Crippen LogP contribution in [0.3, 0.4) is 0 Å². The Hall–Kier alpha value is -2.04. The summed E-state index contributed by atoms with van der Waals surface area (Å²) in [6.07, 6.45) is 3.01. The molecule has 5 heteroatoms. The molecule has 2 aromatic rings.